The van der Waals surface area contributed by atoms with Gasteiger partial charge >= 0.3 is 0 Å². The fourth-order valence-electron chi connectivity index (χ4n) is 2.04. The molecule has 1 amide bonds. The van der Waals surface area contributed by atoms with Crippen LogP contribution < -0.4 is 20.1 Å². The molecule has 2 heterocycles. The highest BCUT2D eigenvalue weighted by atomic mass is 32.1. The van der Waals surface area contributed by atoms with Gasteiger partial charge in [0.15, 0.2) is 5.57 Å². The lowest BCUT2D eigenvalue weighted by Crippen LogP contribution is -2.34. The number of H-pyrrole nitrogens is 1. The fraction of sp³-hybridized carbons (Fsp3) is 0.267. The summed E-state index contributed by atoms with van der Waals surface area (Å²) in [6, 6.07) is 3.60. The first-order valence-corrected chi connectivity index (χ1v) is 7.86. The average molecular weight is 342 g/mol. The Balaban J connectivity index is 2.73. The minimum atomic E-state index is -0.676. The van der Waals surface area contributed by atoms with Gasteiger partial charge in [0, 0.05) is 12.2 Å². The second-order valence-corrected chi connectivity index (χ2v) is 5.74. The van der Waals surface area contributed by atoms with E-state index in [1.807, 2.05) is 13.0 Å². The molecule has 0 spiro atoms. The Kier molecular flexibility index (Phi) is 5.30. The highest BCUT2D eigenvalue weighted by molar-refractivity contribution is 7.07. The molecule has 8 nitrogen and oxygen atoms in total. The van der Waals surface area contributed by atoms with Gasteiger partial charge in [-0.2, -0.15) is 10.5 Å². The summed E-state index contributed by atoms with van der Waals surface area (Å²) in [4.78, 5) is 31.6. The second-order valence-electron chi connectivity index (χ2n) is 4.71. The Bertz CT molecular complexity index is 1030. The summed E-state index contributed by atoms with van der Waals surface area (Å²) in [5.41, 5.74) is 0.951. The zero-order valence-electron chi connectivity index (χ0n) is 13.1. The van der Waals surface area contributed by atoms with Crippen molar-refractivity contribution in [1.82, 2.24) is 19.9 Å². The molecular weight excluding hydrogens is 328 g/mol. The Labute approximate surface area is 141 Å². The summed E-state index contributed by atoms with van der Waals surface area (Å²) < 4.78 is 2.01. The van der Waals surface area contributed by atoms with Crippen LogP contribution in [0.1, 0.15) is 18.3 Å². The number of nitriles is 2. The number of thiazole rings is 1. The number of rotatable bonds is 4. The Hall–Kier alpha value is -3.17. The van der Waals surface area contributed by atoms with Crippen molar-refractivity contribution in [2.24, 2.45) is 0 Å². The van der Waals surface area contributed by atoms with Crippen molar-refractivity contribution >= 4 is 28.9 Å². The van der Waals surface area contributed by atoms with Crippen LogP contribution in [0.3, 0.4) is 0 Å². The third kappa shape index (κ3) is 3.26. The summed E-state index contributed by atoms with van der Waals surface area (Å²) in [7, 11) is 0. The Morgan fingerprint density at radius 3 is 2.83 bits per heavy atom. The number of hydrogen-bond acceptors (Lipinski definition) is 6. The van der Waals surface area contributed by atoms with Crippen LogP contribution in [0.5, 0.6) is 0 Å². The van der Waals surface area contributed by atoms with E-state index in [0.29, 0.717) is 16.8 Å². The molecular formula is C15H14N6O2S. The topological polar surface area (TPSA) is 127 Å². The molecule has 0 bridgehead atoms. The van der Waals surface area contributed by atoms with Crippen LogP contribution >= 0.6 is 11.3 Å². The average Bonchev–Trinajstić information content (AvgIpc) is 3.10. The maximum Gasteiger partial charge on any atom is 0.269 e. The maximum atomic E-state index is 12.5. The molecule has 0 fully saturated rings. The first-order chi connectivity index (χ1) is 11.5. The molecule has 2 N–H and O–H groups in total. The van der Waals surface area contributed by atoms with Gasteiger partial charge in [-0.15, -0.1) is 11.3 Å². The Morgan fingerprint density at radius 1 is 1.54 bits per heavy atom. The molecule has 0 saturated heterocycles. The summed E-state index contributed by atoms with van der Waals surface area (Å²) in [6.07, 6.45) is 3.15. The molecule has 0 aliphatic heterocycles. The third-order valence-corrected chi connectivity index (χ3v) is 4.37. The highest BCUT2D eigenvalue weighted by Crippen LogP contribution is 2.00. The van der Waals surface area contributed by atoms with Crippen molar-refractivity contribution < 1.29 is 4.79 Å². The molecule has 0 aliphatic rings. The van der Waals surface area contributed by atoms with E-state index in [1.54, 1.807) is 19.1 Å². The lowest BCUT2D eigenvalue weighted by molar-refractivity contribution is -0.115. The first kappa shape index (κ1) is 17.2. The largest absolute Gasteiger partial charge is 0.348 e. The van der Waals surface area contributed by atoms with Gasteiger partial charge in [-0.1, -0.05) is 0 Å². The van der Waals surface area contributed by atoms with Crippen molar-refractivity contribution in [1.29, 1.82) is 10.5 Å². The molecule has 24 heavy (non-hydrogen) atoms. The molecule has 0 radical (unpaired) electrons. The lowest BCUT2D eigenvalue weighted by Gasteiger charge is -1.99. The Morgan fingerprint density at radius 2 is 2.29 bits per heavy atom. The summed E-state index contributed by atoms with van der Waals surface area (Å²) in [6.45, 7) is 3.68. The fourth-order valence-corrected chi connectivity index (χ4v) is 3.17. The number of nitrogens with zero attached hydrogens (tertiary/aromatic N) is 4. The van der Waals surface area contributed by atoms with Crippen molar-refractivity contribution in [3.63, 3.8) is 0 Å². The van der Waals surface area contributed by atoms with Crippen LogP contribution in [0, 0.1) is 29.6 Å². The van der Waals surface area contributed by atoms with Gasteiger partial charge in [-0.3, -0.25) is 14.2 Å². The van der Waals surface area contributed by atoms with Crippen LogP contribution in [-0.4, -0.2) is 27.0 Å². The van der Waals surface area contributed by atoms with Crippen LogP contribution in [-0.2, 0) is 11.3 Å². The predicted octanol–water partition coefficient (Wildman–Crippen LogP) is -0.896. The molecule has 0 atom stereocenters. The number of carbonyl (C=O) groups is 1. The minimum absolute atomic E-state index is 0.187. The van der Waals surface area contributed by atoms with Gasteiger partial charge in [0.2, 0.25) is 0 Å². The first-order valence-electron chi connectivity index (χ1n) is 7.04. The monoisotopic (exact) mass is 342 g/mol. The number of nitrogens with one attached hydrogen (secondary N) is 2. The maximum absolute atomic E-state index is 12.5. The molecule has 0 unspecified atom stereocenters. The highest BCUT2D eigenvalue weighted by Gasteiger charge is 2.15. The number of aryl methyl sites for hydroxylation is 1. The normalized spacial score (nSPS) is 12.4. The predicted molar refractivity (Wildman–Crippen MR) is 88.0 cm³/mol. The number of hydrogen-bond donors (Lipinski definition) is 2. The van der Waals surface area contributed by atoms with Gasteiger partial charge in [-0.25, -0.2) is 4.98 Å². The van der Waals surface area contributed by atoms with E-state index in [4.69, 9.17) is 5.26 Å². The molecule has 2 aromatic rings. The zero-order valence-corrected chi connectivity index (χ0v) is 13.9. The quantitative estimate of drug-likeness (QED) is 0.696. The van der Waals surface area contributed by atoms with Crippen LogP contribution in [0.4, 0.5) is 0 Å². The van der Waals surface area contributed by atoms with Crippen molar-refractivity contribution in [2.45, 2.75) is 20.4 Å². The third-order valence-electron chi connectivity index (χ3n) is 3.24. The smallest absolute Gasteiger partial charge is 0.269 e. The van der Waals surface area contributed by atoms with Crippen molar-refractivity contribution in [3.8, 4) is 12.1 Å². The molecule has 122 valence electrons. The number of aromatic nitrogens is 3. The van der Waals surface area contributed by atoms with Crippen molar-refractivity contribution in [3.05, 3.63) is 37.3 Å². The van der Waals surface area contributed by atoms with Crippen LogP contribution in [0.2, 0.25) is 0 Å². The SMILES string of the molecule is CCn1c(=O)/c(=C/c2nc[nH]c2C)s/c1=C(/C#N)C(=O)NCC#N. The second kappa shape index (κ2) is 7.40. The van der Waals surface area contributed by atoms with Gasteiger partial charge in [0.05, 0.1) is 22.6 Å². The molecule has 0 saturated carbocycles. The van der Waals surface area contributed by atoms with E-state index in [1.165, 1.54) is 10.9 Å². The van der Waals surface area contributed by atoms with E-state index in [0.717, 1.165) is 17.0 Å². The van der Waals surface area contributed by atoms with Crippen LogP contribution in [0.15, 0.2) is 11.1 Å². The van der Waals surface area contributed by atoms with Crippen molar-refractivity contribution in [2.75, 3.05) is 6.54 Å². The number of imidazole rings is 1. The van der Waals surface area contributed by atoms with Gasteiger partial charge in [0.1, 0.15) is 17.3 Å². The van der Waals surface area contributed by atoms with Gasteiger partial charge < -0.3 is 10.3 Å². The summed E-state index contributed by atoms with van der Waals surface area (Å²) >= 11 is 1.05. The number of aromatic amines is 1. The van der Waals surface area contributed by atoms with E-state index in [-0.39, 0.29) is 22.3 Å². The molecule has 0 aromatic carbocycles. The summed E-state index contributed by atoms with van der Waals surface area (Å²) in [5, 5.41) is 20.2. The molecule has 2 rings (SSSR count). The minimum Gasteiger partial charge on any atom is -0.348 e. The van der Waals surface area contributed by atoms with Gasteiger partial charge in [0.25, 0.3) is 11.5 Å². The van der Waals surface area contributed by atoms with E-state index in [2.05, 4.69) is 15.3 Å². The number of amides is 1. The van der Waals surface area contributed by atoms with E-state index < -0.39 is 5.91 Å². The number of carbonyl (C=O) groups excluding carboxylic acids is 1. The molecule has 9 heteroatoms. The van der Waals surface area contributed by atoms with E-state index in [9.17, 15) is 14.9 Å². The van der Waals surface area contributed by atoms with Gasteiger partial charge in [-0.05, 0) is 19.9 Å². The molecule has 0 aliphatic carbocycles. The van der Waals surface area contributed by atoms with E-state index >= 15 is 0 Å². The lowest BCUT2D eigenvalue weighted by atomic mass is 10.3. The standard InChI is InChI=1S/C15H14N6O2S/c1-3-21-14(23)12(6-11-9(2)19-8-20-11)24-15(21)10(7-17)13(22)18-5-4-16/h6,8H,3,5H2,1-2H3,(H,18,22)(H,19,20)/b12-6-,15-10-. The van der Waals surface area contributed by atoms with Crippen LogP contribution in [0.25, 0.3) is 11.6 Å². The molecule has 2 aromatic heterocycles. The zero-order chi connectivity index (χ0) is 17.7. The summed E-state index contributed by atoms with van der Waals surface area (Å²) in [5.74, 6) is -0.676.